The Bertz CT molecular complexity index is 512. The second-order valence-electron chi connectivity index (χ2n) is 4.41. The Hall–Kier alpha value is -1.64. The zero-order valence-electron chi connectivity index (χ0n) is 11.2. The van der Waals surface area contributed by atoms with Crippen molar-refractivity contribution < 1.29 is 4.79 Å². The number of rotatable bonds is 2. The second kappa shape index (κ2) is 5.13. The van der Waals surface area contributed by atoms with E-state index in [9.17, 15) is 4.79 Å². The molecule has 0 saturated carbocycles. The minimum absolute atomic E-state index is 0.450. The van der Waals surface area contributed by atoms with E-state index in [4.69, 9.17) is 0 Å². The molecule has 2 aromatic rings. The first-order valence-corrected chi connectivity index (χ1v) is 5.95. The van der Waals surface area contributed by atoms with Crippen molar-refractivity contribution in [2.45, 2.75) is 40.0 Å². The first-order chi connectivity index (χ1) is 8.04. The molecule has 0 fully saturated rings. The van der Waals surface area contributed by atoms with Gasteiger partial charge in [0, 0.05) is 11.6 Å². The molecular formula is C14H20N2O. The van der Waals surface area contributed by atoms with Gasteiger partial charge in [-0.25, -0.2) is 4.52 Å². The van der Waals surface area contributed by atoms with E-state index in [1.165, 1.54) is 0 Å². The molecule has 0 amide bonds. The molecule has 0 aromatic carbocycles. The normalized spacial score (nSPS) is 10.9. The van der Waals surface area contributed by atoms with Crippen LogP contribution in [0.2, 0.25) is 0 Å². The van der Waals surface area contributed by atoms with E-state index in [0.29, 0.717) is 0 Å². The molecule has 0 saturated heterocycles. The third-order valence-corrected chi connectivity index (χ3v) is 2.75. The molecule has 0 radical (unpaired) electrons. The lowest BCUT2D eigenvalue weighted by atomic mass is 9.87. The zero-order valence-corrected chi connectivity index (χ0v) is 11.2. The standard InChI is InChI=1S/C12H14N2O.C2H6/c1-9-6-13-14-7-10(4-5-11(9)14)12(2,3)8-15;1-2/h4-8H,1-3H3;1-2H3. The van der Waals surface area contributed by atoms with Gasteiger partial charge in [0.25, 0.3) is 0 Å². The number of aryl methyl sites for hydroxylation is 1. The third kappa shape index (κ3) is 2.54. The van der Waals surface area contributed by atoms with E-state index in [1.807, 2.05) is 63.7 Å². The van der Waals surface area contributed by atoms with Crippen molar-refractivity contribution in [1.29, 1.82) is 0 Å². The van der Waals surface area contributed by atoms with E-state index in [2.05, 4.69) is 5.10 Å². The molecule has 0 aliphatic heterocycles. The topological polar surface area (TPSA) is 34.4 Å². The Kier molecular flexibility index (Phi) is 4.05. The second-order valence-corrected chi connectivity index (χ2v) is 4.41. The summed E-state index contributed by atoms with van der Waals surface area (Å²) in [7, 11) is 0. The van der Waals surface area contributed by atoms with Gasteiger partial charge in [-0.3, -0.25) is 0 Å². The van der Waals surface area contributed by atoms with Crippen LogP contribution in [0.3, 0.4) is 0 Å². The Balaban J connectivity index is 0.000000686. The highest BCUT2D eigenvalue weighted by atomic mass is 16.1. The molecule has 0 aliphatic rings. The van der Waals surface area contributed by atoms with Gasteiger partial charge in [-0.2, -0.15) is 5.10 Å². The van der Waals surface area contributed by atoms with Crippen LogP contribution >= 0.6 is 0 Å². The van der Waals surface area contributed by atoms with Gasteiger partial charge in [0.1, 0.15) is 6.29 Å². The zero-order chi connectivity index (χ0) is 13.1. The van der Waals surface area contributed by atoms with Gasteiger partial charge in [-0.1, -0.05) is 19.9 Å². The number of aromatic nitrogens is 2. The van der Waals surface area contributed by atoms with Gasteiger partial charge in [-0.15, -0.1) is 0 Å². The van der Waals surface area contributed by atoms with Crippen molar-refractivity contribution >= 4 is 11.8 Å². The molecule has 2 aromatic heterocycles. The van der Waals surface area contributed by atoms with Crippen LogP contribution < -0.4 is 0 Å². The Morgan fingerprint density at radius 1 is 1.29 bits per heavy atom. The number of carbonyl (C=O) groups excluding carboxylic acids is 1. The summed E-state index contributed by atoms with van der Waals surface area (Å²) >= 11 is 0. The molecule has 2 rings (SSSR count). The first-order valence-electron chi connectivity index (χ1n) is 5.95. The lowest BCUT2D eigenvalue weighted by Crippen LogP contribution is -2.19. The van der Waals surface area contributed by atoms with Gasteiger partial charge in [-0.05, 0) is 38.0 Å². The third-order valence-electron chi connectivity index (χ3n) is 2.75. The molecule has 0 N–H and O–H groups in total. The summed E-state index contributed by atoms with van der Waals surface area (Å²) in [5.41, 5.74) is 2.76. The van der Waals surface area contributed by atoms with Gasteiger partial charge < -0.3 is 4.79 Å². The fraction of sp³-hybridized carbons (Fsp3) is 0.429. The van der Waals surface area contributed by atoms with Crippen molar-refractivity contribution in [3.63, 3.8) is 0 Å². The molecule has 92 valence electrons. The van der Waals surface area contributed by atoms with Crippen LogP contribution in [0.5, 0.6) is 0 Å². The Morgan fingerprint density at radius 3 is 2.53 bits per heavy atom. The van der Waals surface area contributed by atoms with Crippen molar-refractivity contribution in [2.24, 2.45) is 0 Å². The van der Waals surface area contributed by atoms with E-state index in [0.717, 1.165) is 22.9 Å². The van der Waals surface area contributed by atoms with E-state index in [1.54, 1.807) is 0 Å². The Morgan fingerprint density at radius 2 is 1.94 bits per heavy atom. The average molecular weight is 232 g/mol. The number of hydrogen-bond donors (Lipinski definition) is 0. The molecule has 0 atom stereocenters. The molecular weight excluding hydrogens is 212 g/mol. The van der Waals surface area contributed by atoms with Crippen LogP contribution in [-0.2, 0) is 10.2 Å². The highest BCUT2D eigenvalue weighted by Crippen LogP contribution is 2.21. The van der Waals surface area contributed by atoms with Gasteiger partial charge >= 0.3 is 0 Å². The van der Waals surface area contributed by atoms with Gasteiger partial charge in [0.2, 0.25) is 0 Å². The SMILES string of the molecule is CC.Cc1cnn2cc(C(C)(C)C=O)ccc12. The number of aldehydes is 1. The highest BCUT2D eigenvalue weighted by Gasteiger charge is 2.20. The average Bonchev–Trinajstić information content (AvgIpc) is 2.73. The maximum atomic E-state index is 10.9. The van der Waals surface area contributed by atoms with E-state index in [-0.39, 0.29) is 0 Å². The quantitative estimate of drug-likeness (QED) is 0.745. The number of carbonyl (C=O) groups is 1. The maximum Gasteiger partial charge on any atom is 0.130 e. The smallest absolute Gasteiger partial charge is 0.130 e. The minimum Gasteiger partial charge on any atom is -0.302 e. The van der Waals surface area contributed by atoms with Crippen LogP contribution in [0.1, 0.15) is 38.8 Å². The molecule has 0 aliphatic carbocycles. The summed E-state index contributed by atoms with van der Waals surface area (Å²) in [6.45, 7) is 9.82. The number of pyridine rings is 1. The predicted molar refractivity (Wildman–Crippen MR) is 70.4 cm³/mol. The lowest BCUT2D eigenvalue weighted by Gasteiger charge is -2.17. The summed E-state index contributed by atoms with van der Waals surface area (Å²) in [4.78, 5) is 10.9. The van der Waals surface area contributed by atoms with E-state index >= 15 is 0 Å². The van der Waals surface area contributed by atoms with Crippen LogP contribution in [0.15, 0.2) is 24.5 Å². The molecule has 0 bridgehead atoms. The highest BCUT2D eigenvalue weighted by molar-refractivity contribution is 5.67. The monoisotopic (exact) mass is 232 g/mol. The van der Waals surface area contributed by atoms with E-state index < -0.39 is 5.41 Å². The van der Waals surface area contributed by atoms with Crippen LogP contribution in [0.25, 0.3) is 5.52 Å². The molecule has 0 spiro atoms. The van der Waals surface area contributed by atoms with Crippen molar-refractivity contribution in [2.75, 3.05) is 0 Å². The predicted octanol–water partition coefficient (Wildman–Crippen LogP) is 3.15. The molecule has 0 unspecified atom stereocenters. The van der Waals surface area contributed by atoms with Gasteiger partial charge in [0.15, 0.2) is 0 Å². The summed E-state index contributed by atoms with van der Waals surface area (Å²) in [6.07, 6.45) is 4.70. The summed E-state index contributed by atoms with van der Waals surface area (Å²) in [5, 5.41) is 4.23. The minimum atomic E-state index is -0.450. The van der Waals surface area contributed by atoms with Crippen molar-refractivity contribution in [3.8, 4) is 0 Å². The first kappa shape index (κ1) is 13.4. The number of hydrogen-bond acceptors (Lipinski definition) is 2. The summed E-state index contributed by atoms with van der Waals surface area (Å²) in [5.74, 6) is 0. The maximum absolute atomic E-state index is 10.9. The van der Waals surface area contributed by atoms with Crippen LogP contribution in [0, 0.1) is 6.92 Å². The van der Waals surface area contributed by atoms with Crippen molar-refractivity contribution in [1.82, 2.24) is 9.61 Å². The van der Waals surface area contributed by atoms with Crippen LogP contribution in [-0.4, -0.2) is 15.9 Å². The molecule has 17 heavy (non-hydrogen) atoms. The summed E-state index contributed by atoms with van der Waals surface area (Å²) < 4.78 is 1.82. The fourth-order valence-electron chi connectivity index (χ4n) is 1.56. The number of fused-ring (bicyclic) bond motifs is 1. The van der Waals surface area contributed by atoms with Crippen LogP contribution in [0.4, 0.5) is 0 Å². The largest absolute Gasteiger partial charge is 0.302 e. The van der Waals surface area contributed by atoms with Crippen molar-refractivity contribution in [3.05, 3.63) is 35.7 Å². The Labute approximate surface area is 102 Å². The summed E-state index contributed by atoms with van der Waals surface area (Å²) in [6, 6.07) is 3.99. The number of nitrogens with zero attached hydrogens (tertiary/aromatic N) is 2. The molecule has 3 heteroatoms. The van der Waals surface area contributed by atoms with Gasteiger partial charge in [0.05, 0.1) is 11.7 Å². The lowest BCUT2D eigenvalue weighted by molar-refractivity contribution is -0.111. The fourth-order valence-corrected chi connectivity index (χ4v) is 1.56. The molecule has 2 heterocycles. The molecule has 3 nitrogen and oxygen atoms in total.